The van der Waals surface area contributed by atoms with Crippen LogP contribution in [0.1, 0.15) is 28.0 Å². The minimum absolute atomic E-state index is 0.0766. The first kappa shape index (κ1) is 14.8. The quantitative estimate of drug-likeness (QED) is 0.933. The zero-order valence-electron chi connectivity index (χ0n) is 12.9. The highest BCUT2D eigenvalue weighted by Gasteiger charge is 2.28. The fourth-order valence-electron chi connectivity index (χ4n) is 2.95. The fraction of sp³-hybridized carbons (Fsp3) is 0.412. The van der Waals surface area contributed by atoms with Crippen LogP contribution in [0.2, 0.25) is 0 Å². The van der Waals surface area contributed by atoms with Crippen LogP contribution in [0.4, 0.5) is 0 Å². The van der Waals surface area contributed by atoms with Crippen molar-refractivity contribution in [1.29, 1.82) is 0 Å². The summed E-state index contributed by atoms with van der Waals surface area (Å²) >= 11 is 0. The number of carbonyl (C=O) groups is 1. The molecule has 5 nitrogen and oxygen atoms in total. The van der Waals surface area contributed by atoms with E-state index in [0.717, 1.165) is 25.2 Å². The lowest BCUT2D eigenvalue weighted by Crippen LogP contribution is -2.30. The van der Waals surface area contributed by atoms with E-state index in [4.69, 9.17) is 5.73 Å². The van der Waals surface area contributed by atoms with Gasteiger partial charge in [-0.3, -0.25) is 9.48 Å². The molecule has 0 bridgehead atoms. The number of benzene rings is 1. The minimum Gasteiger partial charge on any atom is -0.338 e. The number of nitrogens with two attached hydrogens (primary N) is 1. The average Bonchev–Trinajstić information content (AvgIpc) is 3.16. The van der Waals surface area contributed by atoms with Crippen molar-refractivity contribution < 1.29 is 4.79 Å². The molecule has 0 radical (unpaired) electrons. The lowest BCUT2D eigenvalue weighted by Gasteiger charge is -2.16. The van der Waals surface area contributed by atoms with Gasteiger partial charge in [-0.2, -0.15) is 5.10 Å². The topological polar surface area (TPSA) is 64.2 Å². The molecule has 5 heteroatoms. The molecule has 1 aromatic carbocycles. The van der Waals surface area contributed by atoms with Gasteiger partial charge < -0.3 is 10.6 Å². The third-order valence-electron chi connectivity index (χ3n) is 4.42. The van der Waals surface area contributed by atoms with Crippen molar-refractivity contribution in [2.75, 3.05) is 19.6 Å². The first-order valence-electron chi connectivity index (χ1n) is 7.74. The average molecular weight is 298 g/mol. The predicted octanol–water partition coefficient (Wildman–Crippen LogP) is 1.66. The first-order chi connectivity index (χ1) is 10.7. The summed E-state index contributed by atoms with van der Waals surface area (Å²) in [5.41, 5.74) is 8.50. The van der Waals surface area contributed by atoms with Crippen LogP contribution >= 0.6 is 0 Å². The van der Waals surface area contributed by atoms with Crippen LogP contribution in [0.3, 0.4) is 0 Å². The van der Waals surface area contributed by atoms with Crippen LogP contribution in [0.5, 0.6) is 0 Å². The van der Waals surface area contributed by atoms with E-state index in [9.17, 15) is 4.79 Å². The molecule has 3 rings (SSSR count). The predicted molar refractivity (Wildman–Crippen MR) is 85.6 cm³/mol. The zero-order valence-corrected chi connectivity index (χ0v) is 12.9. The third kappa shape index (κ3) is 2.90. The van der Waals surface area contributed by atoms with E-state index in [1.165, 1.54) is 5.56 Å². The molecule has 2 heterocycles. The van der Waals surface area contributed by atoms with Gasteiger partial charge in [0.05, 0.1) is 18.3 Å². The third-order valence-corrected chi connectivity index (χ3v) is 4.42. The van der Waals surface area contributed by atoms with Crippen molar-refractivity contribution in [2.24, 2.45) is 11.7 Å². The molecule has 1 atom stereocenters. The highest BCUT2D eigenvalue weighted by molar-refractivity contribution is 5.95. The highest BCUT2D eigenvalue weighted by atomic mass is 16.2. The number of aromatic nitrogens is 2. The molecular weight excluding hydrogens is 276 g/mol. The smallest absolute Gasteiger partial charge is 0.257 e. The van der Waals surface area contributed by atoms with Crippen molar-refractivity contribution >= 4 is 5.91 Å². The molecular formula is C17H22N4O. The second kappa shape index (κ2) is 6.32. The molecule has 1 aliphatic rings. The van der Waals surface area contributed by atoms with Gasteiger partial charge in [0, 0.05) is 18.8 Å². The van der Waals surface area contributed by atoms with E-state index in [-0.39, 0.29) is 5.91 Å². The number of carbonyl (C=O) groups excluding carboxylic acids is 1. The normalized spacial score (nSPS) is 17.9. The summed E-state index contributed by atoms with van der Waals surface area (Å²) in [4.78, 5) is 14.5. The molecule has 1 fully saturated rings. The molecule has 0 aliphatic carbocycles. The summed E-state index contributed by atoms with van der Waals surface area (Å²) < 4.78 is 1.89. The van der Waals surface area contributed by atoms with Crippen LogP contribution in [0.25, 0.3) is 0 Å². The Balaban J connectivity index is 1.74. The molecule has 116 valence electrons. The maximum atomic E-state index is 12.6. The van der Waals surface area contributed by atoms with Crippen LogP contribution in [-0.2, 0) is 6.54 Å². The Morgan fingerprint density at radius 1 is 1.36 bits per heavy atom. The SMILES string of the molecule is Cc1c(C(=O)N2CCC(CN)C2)cnn1Cc1ccccc1. The molecule has 1 amide bonds. The van der Waals surface area contributed by atoms with E-state index in [2.05, 4.69) is 17.2 Å². The molecule has 2 aromatic rings. The molecule has 0 saturated carbocycles. The van der Waals surface area contributed by atoms with Crippen molar-refractivity contribution in [3.8, 4) is 0 Å². The monoisotopic (exact) mass is 298 g/mol. The Bertz CT molecular complexity index is 650. The molecule has 1 aliphatic heterocycles. The van der Waals surface area contributed by atoms with Gasteiger partial charge in [-0.15, -0.1) is 0 Å². The van der Waals surface area contributed by atoms with E-state index in [1.807, 2.05) is 34.7 Å². The van der Waals surface area contributed by atoms with Gasteiger partial charge in [-0.1, -0.05) is 30.3 Å². The van der Waals surface area contributed by atoms with Gasteiger partial charge in [0.1, 0.15) is 0 Å². The molecule has 2 N–H and O–H groups in total. The van der Waals surface area contributed by atoms with Crippen LogP contribution in [0.15, 0.2) is 36.5 Å². The summed E-state index contributed by atoms with van der Waals surface area (Å²) in [5, 5.41) is 4.39. The number of nitrogens with zero attached hydrogens (tertiary/aromatic N) is 3. The van der Waals surface area contributed by atoms with Gasteiger partial charge in [0.25, 0.3) is 5.91 Å². The number of rotatable bonds is 4. The van der Waals surface area contributed by atoms with E-state index < -0.39 is 0 Å². The van der Waals surface area contributed by atoms with Gasteiger partial charge in [0.15, 0.2) is 0 Å². The van der Waals surface area contributed by atoms with Gasteiger partial charge in [-0.25, -0.2) is 0 Å². The van der Waals surface area contributed by atoms with Crippen LogP contribution < -0.4 is 5.73 Å². The summed E-state index contributed by atoms with van der Waals surface area (Å²) in [7, 11) is 0. The number of amides is 1. The van der Waals surface area contributed by atoms with Gasteiger partial charge >= 0.3 is 0 Å². The molecule has 22 heavy (non-hydrogen) atoms. The summed E-state index contributed by atoms with van der Waals surface area (Å²) in [6.07, 6.45) is 2.69. The van der Waals surface area contributed by atoms with E-state index in [1.54, 1.807) is 6.20 Å². The van der Waals surface area contributed by atoms with Crippen molar-refractivity contribution in [2.45, 2.75) is 19.9 Å². The Morgan fingerprint density at radius 3 is 2.82 bits per heavy atom. The standard InChI is InChI=1S/C17H22N4O/c1-13-16(17(22)20-8-7-15(9-18)11-20)10-19-21(13)12-14-5-3-2-4-6-14/h2-6,10,15H,7-9,11-12,18H2,1H3. The summed E-state index contributed by atoms with van der Waals surface area (Å²) in [5.74, 6) is 0.511. The summed E-state index contributed by atoms with van der Waals surface area (Å²) in [6.45, 7) is 4.85. The number of likely N-dealkylation sites (tertiary alicyclic amines) is 1. The first-order valence-corrected chi connectivity index (χ1v) is 7.74. The Kier molecular flexibility index (Phi) is 4.24. The fourth-order valence-corrected chi connectivity index (χ4v) is 2.95. The van der Waals surface area contributed by atoms with E-state index >= 15 is 0 Å². The largest absolute Gasteiger partial charge is 0.338 e. The molecule has 1 saturated heterocycles. The maximum absolute atomic E-state index is 12.6. The van der Waals surface area contributed by atoms with Crippen molar-refractivity contribution in [3.05, 3.63) is 53.3 Å². The zero-order chi connectivity index (χ0) is 15.5. The van der Waals surface area contributed by atoms with Crippen molar-refractivity contribution in [1.82, 2.24) is 14.7 Å². The van der Waals surface area contributed by atoms with Crippen LogP contribution in [0, 0.1) is 12.8 Å². The number of hydrogen-bond donors (Lipinski definition) is 1. The Hall–Kier alpha value is -2.14. The van der Waals surface area contributed by atoms with Crippen LogP contribution in [-0.4, -0.2) is 40.2 Å². The molecule has 1 unspecified atom stereocenters. The molecule has 0 spiro atoms. The Morgan fingerprint density at radius 2 is 2.14 bits per heavy atom. The maximum Gasteiger partial charge on any atom is 0.257 e. The minimum atomic E-state index is 0.0766. The summed E-state index contributed by atoms with van der Waals surface area (Å²) in [6, 6.07) is 10.1. The Labute approximate surface area is 130 Å². The lowest BCUT2D eigenvalue weighted by atomic mass is 10.1. The second-order valence-corrected chi connectivity index (χ2v) is 5.93. The molecule has 1 aromatic heterocycles. The lowest BCUT2D eigenvalue weighted by molar-refractivity contribution is 0.0787. The van der Waals surface area contributed by atoms with Gasteiger partial charge in [-0.05, 0) is 31.4 Å². The number of hydrogen-bond acceptors (Lipinski definition) is 3. The van der Waals surface area contributed by atoms with Crippen molar-refractivity contribution in [3.63, 3.8) is 0 Å². The highest BCUT2D eigenvalue weighted by Crippen LogP contribution is 2.19. The van der Waals surface area contributed by atoms with Gasteiger partial charge in [0.2, 0.25) is 0 Å². The van der Waals surface area contributed by atoms with E-state index in [0.29, 0.717) is 24.6 Å². The second-order valence-electron chi connectivity index (χ2n) is 5.93.